The summed E-state index contributed by atoms with van der Waals surface area (Å²) in [5, 5.41) is 8.25. The molecule has 0 bridgehead atoms. The van der Waals surface area contributed by atoms with Gasteiger partial charge in [0.2, 0.25) is 5.95 Å². The average molecular weight is 452 g/mol. The van der Waals surface area contributed by atoms with Crippen LogP contribution in [0.2, 0.25) is 5.02 Å². The standard InChI is InChI=1S/C23H13ClF3N5/c24-17-5-2-1-4-15(17)20-16-12-28-23(29-21-18(26)6-3-7-19(21)27)30-22(16)32(31-20)14-10-8-13(25)9-11-14/h1-12H,(H,28,29,30). The number of hydrogen-bond donors (Lipinski definition) is 1. The zero-order valence-corrected chi connectivity index (χ0v) is 17.0. The van der Waals surface area contributed by atoms with Gasteiger partial charge in [0, 0.05) is 11.8 Å². The lowest BCUT2D eigenvalue weighted by Gasteiger charge is -2.08. The molecule has 3 aromatic carbocycles. The number of halogens is 4. The maximum atomic E-state index is 14.1. The lowest BCUT2D eigenvalue weighted by molar-refractivity contribution is 0.590. The van der Waals surface area contributed by atoms with Crippen molar-refractivity contribution in [3.05, 3.63) is 95.4 Å². The predicted octanol–water partition coefficient (Wildman–Crippen LogP) is 6.30. The lowest BCUT2D eigenvalue weighted by Crippen LogP contribution is -2.03. The summed E-state index contributed by atoms with van der Waals surface area (Å²) < 4.78 is 43.1. The molecule has 0 radical (unpaired) electrons. The molecule has 0 aliphatic carbocycles. The zero-order valence-electron chi connectivity index (χ0n) is 16.2. The van der Waals surface area contributed by atoms with Crippen LogP contribution >= 0.6 is 11.6 Å². The quantitative estimate of drug-likeness (QED) is 0.348. The fourth-order valence-electron chi connectivity index (χ4n) is 3.31. The molecule has 0 saturated carbocycles. The Kier molecular flexibility index (Phi) is 4.99. The number of benzene rings is 3. The number of aromatic nitrogens is 4. The molecule has 5 rings (SSSR count). The van der Waals surface area contributed by atoms with Crippen LogP contribution in [-0.2, 0) is 0 Å². The highest BCUT2D eigenvalue weighted by Gasteiger charge is 2.19. The highest BCUT2D eigenvalue weighted by Crippen LogP contribution is 2.33. The summed E-state index contributed by atoms with van der Waals surface area (Å²) in [6.07, 6.45) is 1.50. The minimum Gasteiger partial charge on any atom is -0.319 e. The zero-order chi connectivity index (χ0) is 22.2. The summed E-state index contributed by atoms with van der Waals surface area (Å²) in [7, 11) is 0. The van der Waals surface area contributed by atoms with Crippen molar-refractivity contribution in [2.24, 2.45) is 0 Å². The number of para-hydroxylation sites is 1. The normalized spacial score (nSPS) is 11.1. The highest BCUT2D eigenvalue weighted by atomic mass is 35.5. The van der Waals surface area contributed by atoms with Gasteiger partial charge < -0.3 is 5.32 Å². The molecular formula is C23H13ClF3N5. The van der Waals surface area contributed by atoms with Crippen LogP contribution in [0.4, 0.5) is 24.8 Å². The van der Waals surface area contributed by atoms with Crippen molar-refractivity contribution in [2.75, 3.05) is 5.32 Å². The van der Waals surface area contributed by atoms with Gasteiger partial charge in [-0.15, -0.1) is 0 Å². The number of nitrogens with zero attached hydrogens (tertiary/aromatic N) is 4. The van der Waals surface area contributed by atoms with Crippen molar-refractivity contribution < 1.29 is 13.2 Å². The third-order valence-electron chi connectivity index (χ3n) is 4.82. The Bertz CT molecular complexity index is 1430. The fraction of sp³-hybridized carbons (Fsp3) is 0. The van der Waals surface area contributed by atoms with E-state index in [1.54, 1.807) is 30.3 Å². The topological polar surface area (TPSA) is 55.6 Å². The van der Waals surface area contributed by atoms with E-state index in [0.717, 1.165) is 12.1 Å². The van der Waals surface area contributed by atoms with E-state index in [2.05, 4.69) is 20.4 Å². The molecule has 0 spiro atoms. The molecule has 158 valence electrons. The van der Waals surface area contributed by atoms with Gasteiger partial charge in [-0.25, -0.2) is 22.8 Å². The number of rotatable bonds is 4. The summed E-state index contributed by atoms with van der Waals surface area (Å²) in [5.41, 5.74) is 1.69. The van der Waals surface area contributed by atoms with Crippen LogP contribution in [0.3, 0.4) is 0 Å². The van der Waals surface area contributed by atoms with Gasteiger partial charge in [0.05, 0.1) is 16.1 Å². The maximum Gasteiger partial charge on any atom is 0.229 e. The summed E-state index contributed by atoms with van der Waals surface area (Å²) in [5.74, 6) is -1.99. The largest absolute Gasteiger partial charge is 0.319 e. The Morgan fingerprint density at radius 2 is 1.56 bits per heavy atom. The molecule has 0 unspecified atom stereocenters. The Hall–Kier alpha value is -3.91. The molecule has 5 nitrogen and oxygen atoms in total. The third-order valence-corrected chi connectivity index (χ3v) is 5.15. The van der Waals surface area contributed by atoms with E-state index >= 15 is 0 Å². The van der Waals surface area contributed by atoms with E-state index in [0.29, 0.717) is 33.0 Å². The molecule has 0 saturated heterocycles. The average Bonchev–Trinajstić information content (AvgIpc) is 3.16. The van der Waals surface area contributed by atoms with E-state index in [9.17, 15) is 13.2 Å². The molecule has 9 heteroatoms. The minimum atomic E-state index is -0.780. The van der Waals surface area contributed by atoms with Crippen LogP contribution < -0.4 is 5.32 Å². The third kappa shape index (κ3) is 3.54. The second-order valence-electron chi connectivity index (χ2n) is 6.87. The van der Waals surface area contributed by atoms with Crippen LogP contribution in [0.15, 0.2) is 72.9 Å². The first-order valence-corrected chi connectivity index (χ1v) is 9.87. The van der Waals surface area contributed by atoms with Gasteiger partial charge in [-0.05, 0) is 42.5 Å². The monoisotopic (exact) mass is 451 g/mol. The van der Waals surface area contributed by atoms with Gasteiger partial charge in [-0.3, -0.25) is 0 Å². The molecule has 1 N–H and O–H groups in total. The molecule has 32 heavy (non-hydrogen) atoms. The SMILES string of the molecule is Fc1ccc(-n2nc(-c3ccccc3Cl)c3cnc(Nc4c(F)cccc4F)nc32)cc1. The van der Waals surface area contributed by atoms with Gasteiger partial charge in [-0.1, -0.05) is 35.9 Å². The predicted molar refractivity (Wildman–Crippen MR) is 117 cm³/mol. The van der Waals surface area contributed by atoms with Crippen LogP contribution in [-0.4, -0.2) is 19.7 Å². The van der Waals surface area contributed by atoms with Crippen LogP contribution in [0.5, 0.6) is 0 Å². The first kappa shape index (κ1) is 20.0. The van der Waals surface area contributed by atoms with Crippen molar-refractivity contribution in [3.8, 4) is 16.9 Å². The van der Waals surface area contributed by atoms with Crippen molar-refractivity contribution in [3.63, 3.8) is 0 Å². The number of fused-ring (bicyclic) bond motifs is 1. The van der Waals surface area contributed by atoms with Crippen molar-refractivity contribution in [2.45, 2.75) is 0 Å². The Morgan fingerprint density at radius 3 is 2.28 bits per heavy atom. The number of anilines is 2. The molecule has 0 aliphatic rings. The van der Waals surface area contributed by atoms with Crippen molar-refractivity contribution in [1.82, 2.24) is 19.7 Å². The number of hydrogen-bond acceptors (Lipinski definition) is 4. The van der Waals surface area contributed by atoms with Crippen LogP contribution in [0.25, 0.3) is 28.0 Å². The van der Waals surface area contributed by atoms with E-state index < -0.39 is 17.5 Å². The van der Waals surface area contributed by atoms with Crippen LogP contribution in [0, 0.1) is 17.5 Å². The maximum absolute atomic E-state index is 14.1. The van der Waals surface area contributed by atoms with Gasteiger partial charge in [0.1, 0.15) is 28.8 Å². The smallest absolute Gasteiger partial charge is 0.229 e. The summed E-state index contributed by atoms with van der Waals surface area (Å²) in [6.45, 7) is 0. The Labute approximate surface area is 185 Å². The molecule has 0 aliphatic heterocycles. The van der Waals surface area contributed by atoms with Gasteiger partial charge in [-0.2, -0.15) is 10.1 Å². The first-order chi connectivity index (χ1) is 15.5. The summed E-state index contributed by atoms with van der Waals surface area (Å²) in [4.78, 5) is 8.64. The second kappa shape index (κ2) is 7.97. The molecule has 0 amide bonds. The Balaban J connectivity index is 1.70. The fourth-order valence-corrected chi connectivity index (χ4v) is 3.53. The van der Waals surface area contributed by atoms with Gasteiger partial charge >= 0.3 is 0 Å². The number of nitrogens with one attached hydrogen (secondary N) is 1. The molecule has 2 heterocycles. The first-order valence-electron chi connectivity index (χ1n) is 9.49. The Morgan fingerprint density at radius 1 is 0.844 bits per heavy atom. The molecule has 0 atom stereocenters. The van der Waals surface area contributed by atoms with Crippen molar-refractivity contribution in [1.29, 1.82) is 0 Å². The van der Waals surface area contributed by atoms with Gasteiger partial charge in [0.25, 0.3) is 0 Å². The van der Waals surface area contributed by atoms with Crippen LogP contribution in [0.1, 0.15) is 0 Å². The summed E-state index contributed by atoms with van der Waals surface area (Å²) >= 11 is 6.37. The van der Waals surface area contributed by atoms with E-state index in [1.165, 1.54) is 29.1 Å². The van der Waals surface area contributed by atoms with Gasteiger partial charge in [0.15, 0.2) is 5.65 Å². The molecule has 0 fully saturated rings. The van der Waals surface area contributed by atoms with E-state index in [1.807, 2.05) is 6.07 Å². The second-order valence-corrected chi connectivity index (χ2v) is 7.28. The molecular weight excluding hydrogens is 439 g/mol. The van der Waals surface area contributed by atoms with Crippen molar-refractivity contribution >= 4 is 34.3 Å². The minimum absolute atomic E-state index is 0.0320. The summed E-state index contributed by atoms with van der Waals surface area (Å²) in [6, 6.07) is 16.4. The molecule has 2 aromatic heterocycles. The highest BCUT2D eigenvalue weighted by molar-refractivity contribution is 6.33. The molecule has 5 aromatic rings. The van der Waals surface area contributed by atoms with E-state index in [4.69, 9.17) is 11.6 Å². The lowest BCUT2D eigenvalue weighted by atomic mass is 10.1. The van der Waals surface area contributed by atoms with E-state index in [-0.39, 0.29) is 11.6 Å².